The van der Waals surface area contributed by atoms with Crippen molar-refractivity contribution >= 4 is 18.0 Å². The van der Waals surface area contributed by atoms with Gasteiger partial charge in [-0.1, -0.05) is 12.1 Å². The second-order valence-electron chi connectivity index (χ2n) is 4.09. The van der Waals surface area contributed by atoms with Crippen molar-refractivity contribution in [1.29, 1.82) is 0 Å². The Labute approximate surface area is 116 Å². The Morgan fingerprint density at radius 1 is 1.25 bits per heavy atom. The summed E-state index contributed by atoms with van der Waals surface area (Å²) in [5, 5.41) is 11.2. The van der Waals surface area contributed by atoms with Crippen LogP contribution in [0.5, 0.6) is 0 Å². The molecule has 0 saturated heterocycles. The van der Waals surface area contributed by atoms with Crippen molar-refractivity contribution in [3.05, 3.63) is 35.4 Å². The fourth-order valence-corrected chi connectivity index (χ4v) is 1.45. The third kappa shape index (κ3) is 4.60. The highest BCUT2D eigenvalue weighted by atomic mass is 16.5. The predicted molar refractivity (Wildman–Crippen MR) is 70.3 cm³/mol. The highest BCUT2D eigenvalue weighted by Gasteiger charge is 2.11. The number of methoxy groups -OCH3 is 1. The van der Waals surface area contributed by atoms with Crippen molar-refractivity contribution in [3.63, 3.8) is 0 Å². The van der Waals surface area contributed by atoms with Gasteiger partial charge in [-0.2, -0.15) is 0 Å². The number of hydrogen-bond acceptors (Lipinski definition) is 4. The molecule has 0 unspecified atom stereocenters. The topological polar surface area (TPSA) is 95.9 Å². The summed E-state index contributed by atoms with van der Waals surface area (Å²) in [5.74, 6) is -1.53. The molecular weight excluding hydrogens is 264 g/mol. The monoisotopic (exact) mass is 280 g/mol. The van der Waals surface area contributed by atoms with Crippen LogP contribution in [0.1, 0.15) is 15.9 Å². The summed E-state index contributed by atoms with van der Waals surface area (Å²) in [5.41, 5.74) is 0.970. The second-order valence-corrected chi connectivity index (χ2v) is 4.09. The van der Waals surface area contributed by atoms with Crippen molar-refractivity contribution < 1.29 is 24.2 Å². The number of carbonyl (C=O) groups is 3. The van der Waals surface area contributed by atoms with E-state index in [1.54, 1.807) is 19.2 Å². The van der Waals surface area contributed by atoms with E-state index in [2.05, 4.69) is 10.1 Å². The van der Waals surface area contributed by atoms with Gasteiger partial charge in [-0.15, -0.1) is 0 Å². The van der Waals surface area contributed by atoms with E-state index in [4.69, 9.17) is 5.11 Å². The van der Waals surface area contributed by atoms with Crippen molar-refractivity contribution in [1.82, 2.24) is 10.2 Å². The molecule has 0 radical (unpaired) electrons. The molecule has 7 nitrogen and oxygen atoms in total. The Morgan fingerprint density at radius 3 is 2.35 bits per heavy atom. The standard InChI is InChI=1S/C13H16N2O5/c1-15(13(19)14-7-11(16)20-2)8-9-3-5-10(6-4-9)12(17)18/h3-6H,7-8H2,1-2H3,(H,14,19)(H,17,18). The first kappa shape index (κ1) is 15.5. The van der Waals surface area contributed by atoms with Crippen LogP contribution >= 0.6 is 0 Å². The number of esters is 1. The number of nitrogens with one attached hydrogen (secondary N) is 1. The Morgan fingerprint density at radius 2 is 1.85 bits per heavy atom. The van der Waals surface area contributed by atoms with Gasteiger partial charge in [0.1, 0.15) is 6.54 Å². The maximum absolute atomic E-state index is 11.7. The zero-order valence-electron chi connectivity index (χ0n) is 11.3. The quantitative estimate of drug-likeness (QED) is 0.774. The van der Waals surface area contributed by atoms with Crippen LogP contribution in [-0.4, -0.2) is 48.7 Å². The van der Waals surface area contributed by atoms with Crippen LogP contribution < -0.4 is 5.32 Å². The Bertz CT molecular complexity index is 498. The van der Waals surface area contributed by atoms with Crippen LogP contribution in [0, 0.1) is 0 Å². The highest BCUT2D eigenvalue weighted by Crippen LogP contribution is 2.07. The fraction of sp³-hybridized carbons (Fsp3) is 0.308. The number of carboxylic acid groups (broad SMARTS) is 1. The largest absolute Gasteiger partial charge is 0.478 e. The van der Waals surface area contributed by atoms with Gasteiger partial charge in [-0.25, -0.2) is 9.59 Å². The smallest absolute Gasteiger partial charge is 0.335 e. The molecular formula is C13H16N2O5. The van der Waals surface area contributed by atoms with Gasteiger partial charge in [-0.05, 0) is 17.7 Å². The van der Waals surface area contributed by atoms with Gasteiger partial charge in [-0.3, -0.25) is 4.79 Å². The van der Waals surface area contributed by atoms with Crippen molar-refractivity contribution in [2.75, 3.05) is 20.7 Å². The number of urea groups is 1. The number of nitrogens with zero attached hydrogens (tertiary/aromatic N) is 1. The van der Waals surface area contributed by atoms with Crippen LogP contribution in [-0.2, 0) is 16.1 Å². The molecule has 0 atom stereocenters. The van der Waals surface area contributed by atoms with E-state index >= 15 is 0 Å². The van der Waals surface area contributed by atoms with Crippen LogP contribution in [0.25, 0.3) is 0 Å². The average Bonchev–Trinajstić information content (AvgIpc) is 2.44. The molecule has 1 aromatic carbocycles. The maximum Gasteiger partial charge on any atom is 0.335 e. The zero-order chi connectivity index (χ0) is 15.1. The number of amides is 2. The van der Waals surface area contributed by atoms with Gasteiger partial charge in [0.05, 0.1) is 12.7 Å². The summed E-state index contributed by atoms with van der Waals surface area (Å²) in [6.07, 6.45) is 0. The van der Waals surface area contributed by atoms with Crippen molar-refractivity contribution in [3.8, 4) is 0 Å². The van der Waals surface area contributed by atoms with Crippen LogP contribution in [0.3, 0.4) is 0 Å². The first-order valence-corrected chi connectivity index (χ1v) is 5.82. The lowest BCUT2D eigenvalue weighted by molar-refractivity contribution is -0.139. The summed E-state index contributed by atoms with van der Waals surface area (Å²) in [4.78, 5) is 34.6. The lowest BCUT2D eigenvalue weighted by Gasteiger charge is -2.17. The Kier molecular flexibility index (Phi) is 5.52. The molecule has 0 fully saturated rings. The number of benzene rings is 1. The molecule has 108 valence electrons. The number of hydrogen-bond donors (Lipinski definition) is 2. The van der Waals surface area contributed by atoms with E-state index in [1.165, 1.54) is 24.1 Å². The van der Waals surface area contributed by atoms with Gasteiger partial charge in [0.2, 0.25) is 0 Å². The van der Waals surface area contributed by atoms with Crippen LogP contribution in [0.15, 0.2) is 24.3 Å². The summed E-state index contributed by atoms with van der Waals surface area (Å²) in [6, 6.07) is 5.79. The van der Waals surface area contributed by atoms with Crippen LogP contribution in [0.4, 0.5) is 4.79 Å². The van der Waals surface area contributed by atoms with Gasteiger partial charge >= 0.3 is 18.0 Å². The first-order valence-electron chi connectivity index (χ1n) is 5.82. The normalized spacial score (nSPS) is 9.70. The lowest BCUT2D eigenvalue weighted by atomic mass is 10.1. The molecule has 2 amide bonds. The third-order valence-corrected chi connectivity index (χ3v) is 2.58. The molecule has 0 aliphatic heterocycles. The molecule has 1 aromatic rings. The highest BCUT2D eigenvalue weighted by molar-refractivity contribution is 5.87. The molecule has 0 spiro atoms. The van der Waals surface area contributed by atoms with Gasteiger partial charge in [0.25, 0.3) is 0 Å². The van der Waals surface area contributed by atoms with Gasteiger partial charge in [0, 0.05) is 13.6 Å². The summed E-state index contributed by atoms with van der Waals surface area (Å²) in [6.45, 7) is 0.102. The van der Waals surface area contributed by atoms with Crippen LogP contribution in [0.2, 0.25) is 0 Å². The molecule has 7 heteroatoms. The average molecular weight is 280 g/mol. The number of carboxylic acids is 1. The summed E-state index contributed by atoms with van der Waals surface area (Å²) < 4.78 is 4.41. The molecule has 0 aromatic heterocycles. The van der Waals surface area contributed by atoms with Gasteiger partial charge in [0.15, 0.2) is 0 Å². The molecule has 0 aliphatic carbocycles. The number of ether oxygens (including phenoxy) is 1. The predicted octanol–water partition coefficient (Wildman–Crippen LogP) is 0.699. The SMILES string of the molecule is COC(=O)CNC(=O)N(C)Cc1ccc(C(=O)O)cc1. The van der Waals surface area contributed by atoms with E-state index in [9.17, 15) is 14.4 Å². The molecule has 0 heterocycles. The molecule has 2 N–H and O–H groups in total. The maximum atomic E-state index is 11.7. The molecule has 1 rings (SSSR count). The second kappa shape index (κ2) is 7.13. The number of rotatable bonds is 5. The molecule has 0 bridgehead atoms. The molecule has 0 saturated carbocycles. The Hall–Kier alpha value is -2.57. The van der Waals surface area contributed by atoms with Gasteiger partial charge < -0.3 is 20.1 Å². The van der Waals surface area contributed by atoms with Crippen molar-refractivity contribution in [2.24, 2.45) is 0 Å². The van der Waals surface area contributed by atoms with Crippen molar-refractivity contribution in [2.45, 2.75) is 6.54 Å². The first-order chi connectivity index (χ1) is 9.43. The minimum atomic E-state index is -0.999. The van der Waals surface area contributed by atoms with E-state index in [1.807, 2.05) is 0 Å². The van der Waals surface area contributed by atoms with E-state index in [-0.39, 0.29) is 12.1 Å². The fourth-order valence-electron chi connectivity index (χ4n) is 1.45. The molecule has 0 aliphatic rings. The summed E-state index contributed by atoms with van der Waals surface area (Å²) >= 11 is 0. The lowest BCUT2D eigenvalue weighted by Crippen LogP contribution is -2.39. The minimum Gasteiger partial charge on any atom is -0.478 e. The number of carbonyl (C=O) groups excluding carboxylic acids is 2. The zero-order valence-corrected chi connectivity index (χ0v) is 11.3. The number of aromatic carboxylic acids is 1. The van der Waals surface area contributed by atoms with E-state index in [0.29, 0.717) is 6.54 Å². The minimum absolute atomic E-state index is 0.187. The summed E-state index contributed by atoms with van der Waals surface area (Å²) in [7, 11) is 2.81. The molecule has 20 heavy (non-hydrogen) atoms. The third-order valence-electron chi connectivity index (χ3n) is 2.58. The Balaban J connectivity index is 2.52. The van der Waals surface area contributed by atoms with E-state index < -0.39 is 18.0 Å². The van der Waals surface area contributed by atoms with E-state index in [0.717, 1.165) is 5.56 Å².